The molecule has 1 amide bonds. The third-order valence-electron chi connectivity index (χ3n) is 3.67. The molecule has 0 saturated carbocycles. The highest BCUT2D eigenvalue weighted by Gasteiger charge is 2.10. The molecular formula is C19H20N2O4. The van der Waals surface area contributed by atoms with Gasteiger partial charge in [-0.3, -0.25) is 4.79 Å². The van der Waals surface area contributed by atoms with Crippen LogP contribution in [0.15, 0.2) is 47.6 Å². The Kier molecular flexibility index (Phi) is 5.51. The lowest BCUT2D eigenvalue weighted by atomic mass is 10.2. The van der Waals surface area contributed by atoms with E-state index in [4.69, 9.17) is 14.2 Å². The smallest absolute Gasteiger partial charge is 0.277 e. The third-order valence-corrected chi connectivity index (χ3v) is 3.67. The lowest BCUT2D eigenvalue weighted by Crippen LogP contribution is -2.24. The van der Waals surface area contributed by atoms with Crippen molar-refractivity contribution in [3.8, 4) is 17.2 Å². The highest BCUT2D eigenvalue weighted by atomic mass is 16.6. The zero-order valence-electron chi connectivity index (χ0n) is 14.0. The van der Waals surface area contributed by atoms with Crippen LogP contribution in [-0.4, -0.2) is 31.9 Å². The van der Waals surface area contributed by atoms with Crippen LogP contribution < -0.4 is 19.6 Å². The van der Waals surface area contributed by atoms with Crippen LogP contribution in [0, 0.1) is 0 Å². The van der Waals surface area contributed by atoms with Crippen LogP contribution in [0.3, 0.4) is 0 Å². The van der Waals surface area contributed by atoms with Crippen LogP contribution in [0.2, 0.25) is 0 Å². The Labute approximate surface area is 146 Å². The predicted molar refractivity (Wildman–Crippen MR) is 94.5 cm³/mol. The first-order valence-electron chi connectivity index (χ1n) is 8.18. The summed E-state index contributed by atoms with van der Waals surface area (Å²) >= 11 is 0. The van der Waals surface area contributed by atoms with E-state index in [1.165, 1.54) is 5.56 Å². The van der Waals surface area contributed by atoms with Crippen molar-refractivity contribution in [1.82, 2.24) is 5.43 Å². The molecule has 2 aromatic carbocycles. The van der Waals surface area contributed by atoms with Crippen molar-refractivity contribution in [3.63, 3.8) is 0 Å². The maximum Gasteiger partial charge on any atom is 0.277 e. The molecule has 0 spiro atoms. The summed E-state index contributed by atoms with van der Waals surface area (Å²) in [5.74, 6) is 1.73. The number of nitrogens with zero attached hydrogens (tertiary/aromatic N) is 1. The number of hydrogen-bond acceptors (Lipinski definition) is 5. The van der Waals surface area contributed by atoms with E-state index in [1.54, 1.807) is 6.21 Å². The fraction of sp³-hybridized carbons (Fsp3) is 0.263. The molecule has 0 bridgehead atoms. The summed E-state index contributed by atoms with van der Waals surface area (Å²) in [5.41, 5.74) is 4.47. The Hall–Kier alpha value is -3.02. The molecule has 6 nitrogen and oxygen atoms in total. The summed E-state index contributed by atoms with van der Waals surface area (Å²) in [6.45, 7) is 3.07. The van der Waals surface area contributed by atoms with Crippen LogP contribution in [0.4, 0.5) is 0 Å². The Bertz CT molecular complexity index is 757. The van der Waals surface area contributed by atoms with E-state index in [2.05, 4.69) is 17.5 Å². The second-order valence-corrected chi connectivity index (χ2v) is 5.48. The number of carbonyl (C=O) groups excluding carboxylic acids is 1. The highest BCUT2D eigenvalue weighted by molar-refractivity contribution is 5.83. The Morgan fingerprint density at radius 3 is 2.68 bits per heavy atom. The van der Waals surface area contributed by atoms with Gasteiger partial charge in [-0.15, -0.1) is 0 Å². The van der Waals surface area contributed by atoms with Gasteiger partial charge in [-0.2, -0.15) is 5.10 Å². The van der Waals surface area contributed by atoms with Crippen LogP contribution in [-0.2, 0) is 11.2 Å². The summed E-state index contributed by atoms with van der Waals surface area (Å²) in [6.07, 6.45) is 2.52. The maximum absolute atomic E-state index is 11.8. The minimum Gasteiger partial charge on any atom is -0.486 e. The lowest BCUT2D eigenvalue weighted by molar-refractivity contribution is -0.123. The van der Waals surface area contributed by atoms with Gasteiger partial charge >= 0.3 is 0 Å². The summed E-state index contributed by atoms with van der Waals surface area (Å²) in [7, 11) is 0. The van der Waals surface area contributed by atoms with Crippen LogP contribution in [0.5, 0.6) is 17.2 Å². The first-order chi connectivity index (χ1) is 12.2. The molecule has 0 saturated heterocycles. The van der Waals surface area contributed by atoms with Crippen molar-refractivity contribution in [2.45, 2.75) is 13.3 Å². The SMILES string of the molecule is CCc1ccc(OCC(=O)N/N=C/c2ccc3c(c2)OCCO3)cc1. The molecule has 0 radical (unpaired) electrons. The van der Waals surface area contributed by atoms with E-state index in [0.717, 1.165) is 17.7 Å². The number of nitrogens with one attached hydrogen (secondary N) is 1. The number of hydrazone groups is 1. The van der Waals surface area contributed by atoms with Gasteiger partial charge in [0.05, 0.1) is 6.21 Å². The number of hydrogen-bond donors (Lipinski definition) is 1. The largest absolute Gasteiger partial charge is 0.486 e. The molecule has 1 heterocycles. The van der Waals surface area contributed by atoms with E-state index in [-0.39, 0.29) is 12.5 Å². The van der Waals surface area contributed by atoms with E-state index in [1.807, 2.05) is 42.5 Å². The molecule has 0 fully saturated rings. The van der Waals surface area contributed by atoms with Crippen molar-refractivity contribution >= 4 is 12.1 Å². The molecule has 1 aliphatic heterocycles. The van der Waals surface area contributed by atoms with Gasteiger partial charge in [0.15, 0.2) is 18.1 Å². The minimum absolute atomic E-state index is 0.0933. The van der Waals surface area contributed by atoms with Gasteiger partial charge in [0.1, 0.15) is 19.0 Å². The second-order valence-electron chi connectivity index (χ2n) is 5.48. The highest BCUT2D eigenvalue weighted by Crippen LogP contribution is 2.30. The summed E-state index contributed by atoms with van der Waals surface area (Å²) in [5, 5.41) is 3.93. The average Bonchev–Trinajstić information content (AvgIpc) is 2.66. The standard InChI is InChI=1S/C19H20N2O4/c1-2-14-3-6-16(7-4-14)25-13-19(22)21-20-12-15-5-8-17-18(11-15)24-10-9-23-17/h3-8,11-12H,2,9-10,13H2,1H3,(H,21,22)/b20-12+. The first-order valence-corrected chi connectivity index (χ1v) is 8.18. The van der Waals surface area contributed by atoms with Crippen LogP contribution in [0.25, 0.3) is 0 Å². The van der Waals surface area contributed by atoms with Gasteiger partial charge in [-0.25, -0.2) is 5.43 Å². The monoisotopic (exact) mass is 340 g/mol. The minimum atomic E-state index is -0.326. The molecule has 25 heavy (non-hydrogen) atoms. The zero-order valence-corrected chi connectivity index (χ0v) is 14.0. The fourth-order valence-corrected chi connectivity index (χ4v) is 2.32. The number of benzene rings is 2. The average molecular weight is 340 g/mol. The van der Waals surface area contributed by atoms with Gasteiger partial charge in [-0.1, -0.05) is 19.1 Å². The molecule has 1 N–H and O–H groups in total. The Balaban J connectivity index is 1.47. The van der Waals surface area contributed by atoms with Gasteiger partial charge in [0, 0.05) is 0 Å². The van der Waals surface area contributed by atoms with Gasteiger partial charge in [0.25, 0.3) is 5.91 Å². The molecule has 1 aliphatic rings. The first kappa shape index (κ1) is 16.8. The molecule has 0 unspecified atom stereocenters. The van der Waals surface area contributed by atoms with Crippen molar-refractivity contribution in [3.05, 3.63) is 53.6 Å². The van der Waals surface area contributed by atoms with Crippen molar-refractivity contribution in [1.29, 1.82) is 0 Å². The van der Waals surface area contributed by atoms with Crippen molar-refractivity contribution in [2.24, 2.45) is 5.10 Å². The molecule has 130 valence electrons. The lowest BCUT2D eigenvalue weighted by Gasteiger charge is -2.18. The quantitative estimate of drug-likeness (QED) is 0.648. The second kappa shape index (κ2) is 8.19. The van der Waals surface area contributed by atoms with E-state index < -0.39 is 0 Å². The zero-order chi connectivity index (χ0) is 17.5. The fourth-order valence-electron chi connectivity index (χ4n) is 2.32. The number of fused-ring (bicyclic) bond motifs is 1. The molecule has 0 aromatic heterocycles. The summed E-state index contributed by atoms with van der Waals surface area (Å²) < 4.78 is 16.4. The topological polar surface area (TPSA) is 69.2 Å². The Morgan fingerprint density at radius 2 is 1.92 bits per heavy atom. The number of rotatable bonds is 6. The molecule has 2 aromatic rings. The maximum atomic E-state index is 11.8. The molecule has 6 heteroatoms. The summed E-state index contributed by atoms with van der Waals surface area (Å²) in [6, 6.07) is 13.1. The molecule has 0 aliphatic carbocycles. The summed E-state index contributed by atoms with van der Waals surface area (Å²) in [4.78, 5) is 11.8. The normalized spacial score (nSPS) is 12.8. The van der Waals surface area contributed by atoms with Crippen molar-refractivity contribution < 1.29 is 19.0 Å². The number of carbonyl (C=O) groups is 1. The van der Waals surface area contributed by atoms with Crippen LogP contribution in [0.1, 0.15) is 18.1 Å². The Morgan fingerprint density at radius 1 is 1.16 bits per heavy atom. The molecule has 3 rings (SSSR count). The van der Waals surface area contributed by atoms with E-state index >= 15 is 0 Å². The molecule has 0 atom stereocenters. The van der Waals surface area contributed by atoms with Crippen molar-refractivity contribution in [2.75, 3.05) is 19.8 Å². The number of amides is 1. The number of aryl methyl sites for hydroxylation is 1. The third kappa shape index (κ3) is 4.73. The van der Waals surface area contributed by atoms with Crippen LogP contribution >= 0.6 is 0 Å². The van der Waals surface area contributed by atoms with E-state index in [9.17, 15) is 4.79 Å². The number of ether oxygens (including phenoxy) is 3. The van der Waals surface area contributed by atoms with Gasteiger partial charge < -0.3 is 14.2 Å². The molecular weight excluding hydrogens is 320 g/mol. The predicted octanol–water partition coefficient (Wildman–Crippen LogP) is 2.55. The van der Waals surface area contributed by atoms with Gasteiger partial charge in [-0.05, 0) is 47.9 Å². The van der Waals surface area contributed by atoms with Gasteiger partial charge in [0.2, 0.25) is 0 Å². The van der Waals surface area contributed by atoms with E-state index in [0.29, 0.717) is 24.7 Å².